The molecule has 0 spiro atoms. The van der Waals surface area contributed by atoms with Crippen LogP contribution >= 0.6 is 0 Å². The summed E-state index contributed by atoms with van der Waals surface area (Å²) < 4.78 is 5.62. The first-order chi connectivity index (χ1) is 11.0. The summed E-state index contributed by atoms with van der Waals surface area (Å²) >= 11 is 0. The summed E-state index contributed by atoms with van der Waals surface area (Å²) in [6.07, 6.45) is 0.222. The molecule has 1 aliphatic rings. The van der Waals surface area contributed by atoms with Gasteiger partial charge in [-0.25, -0.2) is 0 Å². The Morgan fingerprint density at radius 2 is 2.22 bits per heavy atom. The van der Waals surface area contributed by atoms with Crippen LogP contribution in [0.3, 0.4) is 0 Å². The molecule has 128 valence electrons. The van der Waals surface area contributed by atoms with Crippen molar-refractivity contribution >= 4 is 5.91 Å². The molecule has 0 radical (unpaired) electrons. The molecule has 1 saturated heterocycles. The van der Waals surface area contributed by atoms with Crippen molar-refractivity contribution in [3.05, 3.63) is 35.4 Å². The standard InChI is InChI=1S/C18H29N3O2/c1-14(2)23-13-17-6-4-5-16(9-17)11-20-18(22)12-21-8-7-19-10-15(21)3/h4-6,9,14-15,19H,7-8,10-13H2,1-3H3,(H,20,22)/t15-/m0/s1. The van der Waals surface area contributed by atoms with Crippen molar-refractivity contribution in [1.29, 1.82) is 0 Å². The van der Waals surface area contributed by atoms with Crippen LogP contribution in [-0.4, -0.2) is 49.1 Å². The fraction of sp³-hybridized carbons (Fsp3) is 0.611. The van der Waals surface area contributed by atoms with Crippen molar-refractivity contribution in [1.82, 2.24) is 15.5 Å². The van der Waals surface area contributed by atoms with Gasteiger partial charge in [0.1, 0.15) is 0 Å². The van der Waals surface area contributed by atoms with E-state index in [0.717, 1.165) is 30.8 Å². The lowest BCUT2D eigenvalue weighted by Crippen LogP contribution is -2.52. The first-order valence-corrected chi connectivity index (χ1v) is 8.45. The highest BCUT2D eigenvalue weighted by atomic mass is 16.5. The van der Waals surface area contributed by atoms with Gasteiger partial charge in [0.05, 0.1) is 19.3 Å². The van der Waals surface area contributed by atoms with Crippen molar-refractivity contribution in [2.24, 2.45) is 0 Å². The number of nitrogens with zero attached hydrogens (tertiary/aromatic N) is 1. The third-order valence-corrected chi connectivity index (χ3v) is 4.05. The maximum absolute atomic E-state index is 12.1. The lowest BCUT2D eigenvalue weighted by atomic mass is 10.1. The van der Waals surface area contributed by atoms with Crippen LogP contribution in [0.25, 0.3) is 0 Å². The molecule has 23 heavy (non-hydrogen) atoms. The average Bonchev–Trinajstić information content (AvgIpc) is 2.54. The van der Waals surface area contributed by atoms with Crippen molar-refractivity contribution < 1.29 is 9.53 Å². The van der Waals surface area contributed by atoms with E-state index < -0.39 is 0 Å². The van der Waals surface area contributed by atoms with E-state index in [1.807, 2.05) is 26.0 Å². The van der Waals surface area contributed by atoms with Gasteiger partial charge in [-0.05, 0) is 31.9 Å². The molecule has 1 amide bonds. The average molecular weight is 319 g/mol. The molecule has 5 heteroatoms. The van der Waals surface area contributed by atoms with Gasteiger partial charge in [-0.15, -0.1) is 0 Å². The molecule has 1 aromatic rings. The lowest BCUT2D eigenvalue weighted by molar-refractivity contribution is -0.123. The van der Waals surface area contributed by atoms with Crippen LogP contribution in [0.4, 0.5) is 0 Å². The maximum atomic E-state index is 12.1. The molecule has 0 bridgehead atoms. The molecule has 0 aromatic heterocycles. The Balaban J connectivity index is 1.78. The number of amides is 1. The quantitative estimate of drug-likeness (QED) is 0.800. The molecule has 1 aliphatic heterocycles. The monoisotopic (exact) mass is 319 g/mol. The number of ether oxygens (including phenoxy) is 1. The maximum Gasteiger partial charge on any atom is 0.234 e. The van der Waals surface area contributed by atoms with E-state index >= 15 is 0 Å². The van der Waals surface area contributed by atoms with Gasteiger partial charge in [-0.3, -0.25) is 9.69 Å². The SMILES string of the molecule is CC(C)OCc1cccc(CNC(=O)CN2CCNC[C@@H]2C)c1. The summed E-state index contributed by atoms with van der Waals surface area (Å²) in [4.78, 5) is 14.4. The second-order valence-corrected chi connectivity index (χ2v) is 6.48. The Morgan fingerprint density at radius 3 is 2.96 bits per heavy atom. The highest BCUT2D eigenvalue weighted by Gasteiger charge is 2.19. The number of hydrogen-bond acceptors (Lipinski definition) is 4. The smallest absolute Gasteiger partial charge is 0.234 e. The van der Waals surface area contributed by atoms with Gasteiger partial charge in [0.2, 0.25) is 5.91 Å². The van der Waals surface area contributed by atoms with Gasteiger partial charge < -0.3 is 15.4 Å². The van der Waals surface area contributed by atoms with Crippen LogP contribution in [0.5, 0.6) is 0 Å². The molecule has 1 aromatic carbocycles. The van der Waals surface area contributed by atoms with Gasteiger partial charge in [-0.2, -0.15) is 0 Å². The Hall–Kier alpha value is -1.43. The molecule has 1 atom stereocenters. The Bertz CT molecular complexity index is 505. The van der Waals surface area contributed by atoms with Gasteiger partial charge in [0, 0.05) is 32.2 Å². The fourth-order valence-electron chi connectivity index (χ4n) is 2.65. The van der Waals surface area contributed by atoms with Crippen LogP contribution in [0, 0.1) is 0 Å². The third kappa shape index (κ3) is 6.29. The molecule has 0 aliphatic carbocycles. The molecular formula is C18H29N3O2. The van der Waals surface area contributed by atoms with Crippen LogP contribution in [0.15, 0.2) is 24.3 Å². The Kier molecular flexibility index (Phi) is 7.02. The number of benzene rings is 1. The zero-order valence-corrected chi connectivity index (χ0v) is 14.5. The number of carbonyl (C=O) groups excluding carboxylic acids is 1. The second-order valence-electron chi connectivity index (χ2n) is 6.48. The highest BCUT2D eigenvalue weighted by molar-refractivity contribution is 5.78. The largest absolute Gasteiger partial charge is 0.374 e. The van der Waals surface area contributed by atoms with E-state index in [4.69, 9.17) is 4.74 Å². The number of nitrogens with one attached hydrogen (secondary N) is 2. The highest BCUT2D eigenvalue weighted by Crippen LogP contribution is 2.08. The lowest BCUT2D eigenvalue weighted by Gasteiger charge is -2.33. The minimum atomic E-state index is 0.0857. The van der Waals surface area contributed by atoms with E-state index in [0.29, 0.717) is 25.7 Å². The normalized spacial score (nSPS) is 19.0. The summed E-state index contributed by atoms with van der Waals surface area (Å²) in [5.74, 6) is 0.0857. The van der Waals surface area contributed by atoms with Crippen molar-refractivity contribution in [3.8, 4) is 0 Å². The minimum absolute atomic E-state index is 0.0857. The van der Waals surface area contributed by atoms with Crippen molar-refractivity contribution in [2.45, 2.75) is 46.1 Å². The summed E-state index contributed by atoms with van der Waals surface area (Å²) in [6, 6.07) is 8.60. The van der Waals surface area contributed by atoms with E-state index in [-0.39, 0.29) is 12.0 Å². The van der Waals surface area contributed by atoms with Crippen LogP contribution < -0.4 is 10.6 Å². The van der Waals surface area contributed by atoms with Crippen molar-refractivity contribution in [2.75, 3.05) is 26.2 Å². The first kappa shape index (κ1) is 17.9. The number of hydrogen-bond donors (Lipinski definition) is 2. The molecule has 2 rings (SSSR count). The van der Waals surface area contributed by atoms with E-state index in [9.17, 15) is 4.79 Å². The molecule has 0 unspecified atom stereocenters. The molecule has 5 nitrogen and oxygen atoms in total. The number of carbonyl (C=O) groups is 1. The summed E-state index contributed by atoms with van der Waals surface area (Å²) in [5.41, 5.74) is 2.25. The van der Waals surface area contributed by atoms with Crippen molar-refractivity contribution in [3.63, 3.8) is 0 Å². The Labute approximate surface area is 139 Å². The second kappa shape index (κ2) is 9.01. The van der Waals surface area contributed by atoms with E-state index in [1.54, 1.807) is 0 Å². The predicted octanol–water partition coefficient (Wildman–Crippen LogP) is 1.52. The zero-order valence-electron chi connectivity index (χ0n) is 14.5. The molecule has 2 N–H and O–H groups in total. The van der Waals surface area contributed by atoms with Crippen LogP contribution in [0.1, 0.15) is 31.9 Å². The summed E-state index contributed by atoms with van der Waals surface area (Å²) in [7, 11) is 0. The van der Waals surface area contributed by atoms with Gasteiger partial charge in [0.25, 0.3) is 0 Å². The van der Waals surface area contributed by atoms with Gasteiger partial charge in [-0.1, -0.05) is 24.3 Å². The predicted molar refractivity (Wildman–Crippen MR) is 92.1 cm³/mol. The third-order valence-electron chi connectivity index (χ3n) is 4.05. The summed E-state index contributed by atoms with van der Waals surface area (Å²) in [6.45, 7) is 10.7. The Morgan fingerprint density at radius 1 is 1.43 bits per heavy atom. The van der Waals surface area contributed by atoms with Gasteiger partial charge >= 0.3 is 0 Å². The van der Waals surface area contributed by atoms with E-state index in [2.05, 4.69) is 34.6 Å². The molecule has 1 fully saturated rings. The topological polar surface area (TPSA) is 53.6 Å². The minimum Gasteiger partial charge on any atom is -0.374 e. The van der Waals surface area contributed by atoms with Crippen LogP contribution in [-0.2, 0) is 22.7 Å². The number of piperazine rings is 1. The summed E-state index contributed by atoms with van der Waals surface area (Å²) in [5, 5.41) is 6.35. The fourth-order valence-corrected chi connectivity index (χ4v) is 2.65. The van der Waals surface area contributed by atoms with Crippen LogP contribution in [0.2, 0.25) is 0 Å². The molecular weight excluding hydrogens is 290 g/mol. The number of rotatable bonds is 7. The first-order valence-electron chi connectivity index (χ1n) is 8.45. The zero-order chi connectivity index (χ0) is 16.7. The van der Waals surface area contributed by atoms with E-state index in [1.165, 1.54) is 0 Å². The van der Waals surface area contributed by atoms with Gasteiger partial charge in [0.15, 0.2) is 0 Å². The molecule has 1 heterocycles. The molecule has 0 saturated carbocycles.